The van der Waals surface area contributed by atoms with E-state index >= 15 is 4.39 Å². The van der Waals surface area contributed by atoms with E-state index in [0.717, 1.165) is 55.5 Å². The Kier molecular flexibility index (Phi) is 10.0. The number of ether oxygens (including phenoxy) is 3. The lowest BCUT2D eigenvalue weighted by Crippen LogP contribution is -2.36. The first-order valence-electron chi connectivity index (χ1n) is 16.4. The normalized spacial score (nSPS) is 19.9. The van der Waals surface area contributed by atoms with E-state index in [-0.39, 0.29) is 29.4 Å². The molecule has 0 bridgehead atoms. The average molecular weight is 622 g/mol. The van der Waals surface area contributed by atoms with Crippen molar-refractivity contribution in [2.24, 2.45) is 0 Å². The van der Waals surface area contributed by atoms with E-state index in [1.54, 1.807) is 11.1 Å². The van der Waals surface area contributed by atoms with E-state index in [2.05, 4.69) is 22.2 Å². The molecule has 1 aromatic carbocycles. The summed E-state index contributed by atoms with van der Waals surface area (Å²) >= 11 is 0. The van der Waals surface area contributed by atoms with Crippen LogP contribution in [-0.4, -0.2) is 83.4 Å². The van der Waals surface area contributed by atoms with Gasteiger partial charge in [-0.25, -0.2) is 14.2 Å². The molecule has 0 radical (unpaired) electrons. The number of amides is 1. The molecule has 1 N–H and O–H groups in total. The Labute approximate surface area is 266 Å². The Morgan fingerprint density at radius 2 is 1.98 bits per heavy atom. The van der Waals surface area contributed by atoms with Crippen LogP contribution in [0.5, 0.6) is 11.6 Å². The van der Waals surface area contributed by atoms with Crippen molar-refractivity contribution in [1.82, 2.24) is 19.8 Å². The molecule has 2 unspecified atom stereocenters. The predicted octanol–water partition coefficient (Wildman–Crippen LogP) is 6.99. The van der Waals surface area contributed by atoms with E-state index in [1.165, 1.54) is 0 Å². The number of benzene rings is 1. The fourth-order valence-corrected chi connectivity index (χ4v) is 6.29. The summed E-state index contributed by atoms with van der Waals surface area (Å²) in [6.45, 7) is 14.7. The molecular weight excluding hydrogens is 573 g/mol. The van der Waals surface area contributed by atoms with Crippen LogP contribution in [0.1, 0.15) is 71.4 Å². The number of aryl methyl sites for hydroxylation is 1. The zero-order valence-corrected chi connectivity index (χ0v) is 27.8. The van der Waals surface area contributed by atoms with Crippen LogP contribution in [0.15, 0.2) is 24.4 Å². The first-order chi connectivity index (χ1) is 21.6. The molecule has 2 saturated heterocycles. The number of hydrogen-bond donors (Lipinski definition) is 1. The van der Waals surface area contributed by atoms with E-state index in [0.29, 0.717) is 48.9 Å². The molecule has 3 aliphatic rings. The van der Waals surface area contributed by atoms with Crippen LogP contribution in [0, 0.1) is 12.7 Å². The second-order valence-corrected chi connectivity index (χ2v) is 13.0. The minimum Gasteiger partial charge on any atom is -0.493 e. The molecule has 2 aromatic heterocycles. The van der Waals surface area contributed by atoms with E-state index in [1.807, 2.05) is 59.7 Å². The molecule has 3 aromatic rings. The second kappa shape index (κ2) is 13.8. The average Bonchev–Trinajstić information content (AvgIpc) is 3.67. The number of carbonyl (C=O) groups excluding carboxylic acids is 1. The summed E-state index contributed by atoms with van der Waals surface area (Å²) in [6.07, 6.45) is 6.09. The van der Waals surface area contributed by atoms with Gasteiger partial charge in [0.25, 0.3) is 0 Å². The standard InChI is InChI=1S/C33H42FN5O4.C2H6/c1-20-27(36-22-13-15-39(18-22)32(40)43-33(2,3)4)25-17-35-28(24-12-6-9-21-10-8-16-41-30(21)24)26(34)29(25)37-31(20)42-19-23-11-7-14-38(23)5;1-2/h6,9,12,17,22-23H,7-8,10-11,13-16,18-19H2,1-5H3,(H,36,37);1-2H3. The maximum atomic E-state index is 16.5. The molecule has 0 saturated carbocycles. The fraction of sp³-hybridized carbons (Fsp3) is 0.571. The van der Waals surface area contributed by atoms with E-state index < -0.39 is 11.4 Å². The van der Waals surface area contributed by atoms with Crippen molar-refractivity contribution in [3.8, 4) is 22.9 Å². The number of likely N-dealkylation sites (N-methyl/N-ethyl adjacent to an activating group) is 1. The summed E-state index contributed by atoms with van der Waals surface area (Å²) in [5.74, 6) is 0.589. The lowest BCUT2D eigenvalue weighted by Gasteiger charge is -2.25. The highest BCUT2D eigenvalue weighted by atomic mass is 19.1. The molecule has 3 aliphatic heterocycles. The van der Waals surface area contributed by atoms with Crippen molar-refractivity contribution >= 4 is 22.7 Å². The summed E-state index contributed by atoms with van der Waals surface area (Å²) < 4.78 is 34.4. The zero-order valence-electron chi connectivity index (χ0n) is 27.8. The molecule has 0 spiro atoms. The van der Waals surface area contributed by atoms with Crippen molar-refractivity contribution in [2.75, 3.05) is 45.2 Å². The quantitative estimate of drug-likeness (QED) is 0.315. The maximum Gasteiger partial charge on any atom is 0.410 e. The number of nitrogens with one attached hydrogen (secondary N) is 1. The summed E-state index contributed by atoms with van der Waals surface area (Å²) in [6, 6.07) is 6.03. The van der Waals surface area contributed by atoms with Gasteiger partial charge in [0.1, 0.15) is 29.2 Å². The van der Waals surface area contributed by atoms with Crippen LogP contribution in [0.25, 0.3) is 22.2 Å². The summed E-state index contributed by atoms with van der Waals surface area (Å²) in [5, 5.41) is 4.18. The molecule has 244 valence electrons. The van der Waals surface area contributed by atoms with Crippen LogP contribution in [0.4, 0.5) is 14.9 Å². The molecule has 1 amide bonds. The number of rotatable bonds is 6. The largest absolute Gasteiger partial charge is 0.493 e. The Morgan fingerprint density at radius 1 is 1.18 bits per heavy atom. The van der Waals surface area contributed by atoms with Crippen molar-refractivity contribution in [1.29, 1.82) is 0 Å². The summed E-state index contributed by atoms with van der Waals surface area (Å²) in [7, 11) is 2.10. The topological polar surface area (TPSA) is 89.1 Å². The number of fused-ring (bicyclic) bond motifs is 2. The van der Waals surface area contributed by atoms with Gasteiger partial charge < -0.3 is 29.3 Å². The monoisotopic (exact) mass is 621 g/mol. The van der Waals surface area contributed by atoms with Crippen LogP contribution in [-0.2, 0) is 11.2 Å². The lowest BCUT2D eigenvalue weighted by atomic mass is 9.99. The second-order valence-electron chi connectivity index (χ2n) is 13.0. The number of anilines is 1. The van der Waals surface area contributed by atoms with Gasteiger partial charge in [-0.05, 0) is 85.0 Å². The number of para-hydroxylation sites is 1. The van der Waals surface area contributed by atoms with E-state index in [9.17, 15) is 4.79 Å². The van der Waals surface area contributed by atoms with Crippen LogP contribution in [0.2, 0.25) is 0 Å². The number of aromatic nitrogens is 2. The van der Waals surface area contributed by atoms with Gasteiger partial charge in [0, 0.05) is 47.9 Å². The highest BCUT2D eigenvalue weighted by Crippen LogP contribution is 2.40. The number of halogens is 1. The highest BCUT2D eigenvalue weighted by molar-refractivity contribution is 5.96. The molecule has 2 fully saturated rings. The third-order valence-electron chi connectivity index (χ3n) is 8.63. The van der Waals surface area contributed by atoms with Gasteiger partial charge in [0.05, 0.1) is 12.3 Å². The number of hydrogen-bond acceptors (Lipinski definition) is 8. The third-order valence-corrected chi connectivity index (χ3v) is 8.63. The Morgan fingerprint density at radius 3 is 2.71 bits per heavy atom. The Balaban J connectivity index is 0.00000196. The molecule has 2 atom stereocenters. The number of carbonyl (C=O) groups is 1. The first-order valence-corrected chi connectivity index (χ1v) is 16.4. The summed E-state index contributed by atoms with van der Waals surface area (Å²) in [4.78, 5) is 26.1. The van der Waals surface area contributed by atoms with Crippen molar-refractivity contribution in [3.05, 3.63) is 41.3 Å². The summed E-state index contributed by atoms with van der Waals surface area (Å²) in [5.41, 5.74) is 3.05. The minimum absolute atomic E-state index is 0.0529. The predicted molar refractivity (Wildman–Crippen MR) is 176 cm³/mol. The van der Waals surface area contributed by atoms with Crippen LogP contribution in [0.3, 0.4) is 0 Å². The van der Waals surface area contributed by atoms with Gasteiger partial charge in [-0.15, -0.1) is 0 Å². The minimum atomic E-state index is -0.565. The van der Waals surface area contributed by atoms with Gasteiger partial charge >= 0.3 is 6.09 Å². The maximum absolute atomic E-state index is 16.5. The van der Waals surface area contributed by atoms with Crippen molar-refractivity contribution < 1.29 is 23.4 Å². The molecule has 10 heteroatoms. The Hall–Kier alpha value is -3.66. The van der Waals surface area contributed by atoms with Crippen LogP contribution < -0.4 is 14.8 Å². The van der Waals surface area contributed by atoms with Gasteiger partial charge in [-0.1, -0.05) is 26.0 Å². The molecule has 5 heterocycles. The van der Waals surface area contributed by atoms with Crippen LogP contribution >= 0.6 is 0 Å². The SMILES string of the molecule is CC.Cc1c(OCC2CCCN2C)nc2c(F)c(-c3cccc4c3OCCC4)ncc2c1NC1CCN(C(=O)OC(C)(C)C)C1. The molecule has 0 aliphatic carbocycles. The van der Waals surface area contributed by atoms with Gasteiger partial charge in [-0.2, -0.15) is 0 Å². The van der Waals surface area contributed by atoms with E-state index in [4.69, 9.17) is 19.2 Å². The number of nitrogens with zero attached hydrogens (tertiary/aromatic N) is 4. The zero-order chi connectivity index (χ0) is 32.3. The molecule has 45 heavy (non-hydrogen) atoms. The van der Waals surface area contributed by atoms with Crippen molar-refractivity contribution in [3.63, 3.8) is 0 Å². The smallest absolute Gasteiger partial charge is 0.410 e. The number of pyridine rings is 2. The van der Waals surface area contributed by atoms with Gasteiger partial charge in [0.2, 0.25) is 5.88 Å². The third kappa shape index (κ3) is 7.11. The highest BCUT2D eigenvalue weighted by Gasteiger charge is 2.32. The number of likely N-dealkylation sites (tertiary alicyclic amines) is 2. The van der Waals surface area contributed by atoms with Gasteiger partial charge in [0.15, 0.2) is 5.82 Å². The molecular formula is C35H48FN5O4. The molecule has 9 nitrogen and oxygen atoms in total. The fourth-order valence-electron chi connectivity index (χ4n) is 6.29. The lowest BCUT2D eigenvalue weighted by molar-refractivity contribution is 0.0293. The molecule has 6 rings (SSSR count). The van der Waals surface area contributed by atoms with Gasteiger partial charge in [-0.3, -0.25) is 4.98 Å². The first kappa shape index (κ1) is 32.7. The van der Waals surface area contributed by atoms with Crippen molar-refractivity contribution in [2.45, 2.75) is 91.3 Å². The Bertz CT molecular complexity index is 1520.